The van der Waals surface area contributed by atoms with E-state index in [0.29, 0.717) is 59.2 Å². The normalized spacial score (nSPS) is 15.8. The number of rotatable bonds is 50. The number of carbonyl (C=O) groups is 13. The molecule has 0 aliphatic carbocycles. The predicted octanol–water partition coefficient (Wildman–Crippen LogP) is 1.83. The molecule has 2 aliphatic heterocycles. The summed E-state index contributed by atoms with van der Waals surface area (Å²) in [6.45, 7) is 11.4. The van der Waals surface area contributed by atoms with Gasteiger partial charge in [0.25, 0.3) is 0 Å². The maximum atomic E-state index is 14.7. The maximum Gasteiger partial charge on any atom is 0.415 e. The molecular weight excluding hydrogens is 1730 g/mol. The second-order valence-corrected chi connectivity index (χ2v) is 34.9. The minimum atomic E-state index is -1.79. The van der Waals surface area contributed by atoms with E-state index in [2.05, 4.69) is 70.7 Å². The predicted molar refractivity (Wildman–Crippen MR) is 477 cm³/mol. The molecule has 1 fully saturated rings. The number of H-pyrrole nitrogens is 1. The number of aromatic hydroxyl groups is 3. The number of amides is 11. The number of hydrogen-bond donors (Lipinski definition) is 16. The van der Waals surface area contributed by atoms with E-state index in [1.54, 1.807) is 106 Å². The summed E-state index contributed by atoms with van der Waals surface area (Å²) in [5.41, 5.74) is 8.13. The van der Waals surface area contributed by atoms with Gasteiger partial charge in [-0.05, 0) is 90.8 Å². The highest BCUT2D eigenvalue weighted by Gasteiger charge is 2.43. The van der Waals surface area contributed by atoms with E-state index in [4.69, 9.17) is 24.7 Å². The van der Waals surface area contributed by atoms with Crippen LogP contribution in [0.15, 0.2) is 108 Å². The quantitative estimate of drug-likeness (QED) is 0.0147. The Hall–Kier alpha value is -11.9. The zero-order valence-electron chi connectivity index (χ0n) is 70.8. The Morgan fingerprint density at radius 3 is 1.90 bits per heavy atom. The lowest BCUT2D eigenvalue weighted by Crippen LogP contribution is -2.59. The smallest absolute Gasteiger partial charge is 0.415 e. The molecule has 0 saturated carbocycles. The number of ether oxygens (including phenoxy) is 4. The number of aliphatic hydroxyl groups excluding tert-OH is 1. The molecule has 10 unspecified atom stereocenters. The van der Waals surface area contributed by atoms with E-state index in [1.807, 2.05) is 0 Å². The van der Waals surface area contributed by atoms with E-state index in [-0.39, 0.29) is 147 Å². The van der Waals surface area contributed by atoms with Gasteiger partial charge < -0.3 is 113 Å². The molecule has 0 radical (unpaired) electrons. The highest BCUT2D eigenvalue weighted by molar-refractivity contribution is 8.15. The number of aromatic amines is 1. The van der Waals surface area contributed by atoms with Crippen LogP contribution in [0.1, 0.15) is 85.2 Å². The molecule has 127 heavy (non-hydrogen) atoms. The molecule has 37 nitrogen and oxygen atoms in total. The van der Waals surface area contributed by atoms with Gasteiger partial charge in [0.05, 0.1) is 49.6 Å². The molecule has 2 aliphatic rings. The van der Waals surface area contributed by atoms with Gasteiger partial charge in [-0.1, -0.05) is 87.7 Å². The number of nitrogens with zero attached hydrogens (tertiary/aromatic N) is 4. The lowest BCUT2D eigenvalue weighted by atomic mass is 9.78. The number of epoxide rings is 1. The molecule has 9 rings (SSSR count). The number of aliphatic hydroxyl groups is 1. The number of aromatic nitrogens is 2. The van der Waals surface area contributed by atoms with Crippen LogP contribution in [0.3, 0.4) is 0 Å². The number of carboxylic acids is 2. The van der Waals surface area contributed by atoms with E-state index >= 15 is 0 Å². The summed E-state index contributed by atoms with van der Waals surface area (Å²) in [5.74, 6) is -10.6. The van der Waals surface area contributed by atoms with Crippen molar-refractivity contribution in [2.24, 2.45) is 10.7 Å². The molecule has 5 aromatic carbocycles. The van der Waals surface area contributed by atoms with Gasteiger partial charge in [-0.15, -0.1) is 23.1 Å². The number of hydrogen-bond acceptors (Lipinski definition) is 27. The molecule has 1 saturated heterocycles. The topological polar surface area (TPSA) is 553 Å². The Labute approximate surface area is 747 Å². The van der Waals surface area contributed by atoms with Crippen LogP contribution >= 0.6 is 46.6 Å². The number of thioether (sulfide) groups is 3. The lowest BCUT2D eigenvalue weighted by Gasteiger charge is -2.30. The Morgan fingerprint density at radius 1 is 0.669 bits per heavy atom. The zero-order chi connectivity index (χ0) is 92.3. The van der Waals surface area contributed by atoms with Crippen LogP contribution in [-0.4, -0.2) is 283 Å². The third-order valence-corrected chi connectivity index (χ3v) is 24.4. The minimum absolute atomic E-state index is 0.0108. The van der Waals surface area contributed by atoms with E-state index in [9.17, 15) is 93.0 Å². The number of aliphatic carboxylic acids is 2. The molecule has 10 atom stereocenters. The molecule has 7 aromatic rings. The summed E-state index contributed by atoms with van der Waals surface area (Å²) >= 11 is 5.15. The first-order chi connectivity index (χ1) is 60.5. The Kier molecular flexibility index (Phi) is 36.7. The molecule has 11 amide bonds. The monoisotopic (exact) mass is 1830 g/mol. The number of carbonyl (C=O) groups excluding carboxylic acids is 11. The standard InChI is InChI=1S/C86H106N14O23S4/c1-46-47(2)73(108)71(48(3)72(46)107)86(4,5)42-69(104)99(6)27-28-100(85(119)122-53-22-23-56-66(39-53)127-82(97-56)81-98-64(45-126-81)83(116)117)29-31-121-33-32-120-30-24-67(102)90-63(41-70(105)106)80(115)95-60(37-50-18-20-52(101)21-19-50)77(112)92-57(25-34-124-7)75(110)89-44-68(103)91-61(38-51-43-88-55-17-13-12-16-54(51)55)78(113)93-58(26-35-125-8)76(111)96-62(40-65-84(118)123-65)79(114)94-59(74(87)109)36-49-14-10-9-11-15-49/h9-23,39,43,57-65,84,88,101,107-108,118H,2-3,24-38,40-42,44-45H2,1,4-8H3,(H2,87,109)(H,89,110)(H,90,102)(H,91,103)(H,92,112)(H,93,113)(H,94,114)(H,95,115)(H,96,111)(H,105,106)(H,116,117). The third kappa shape index (κ3) is 29.1. The molecule has 0 spiro atoms. The summed E-state index contributed by atoms with van der Waals surface area (Å²) in [7, 11) is 1.53. The first-order valence-electron chi connectivity index (χ1n) is 40.5. The number of phenolic OH excluding ortho intramolecular Hbond substituents is 3. The van der Waals surface area contributed by atoms with Gasteiger partial charge >= 0.3 is 18.0 Å². The van der Waals surface area contributed by atoms with Gasteiger partial charge in [0.1, 0.15) is 81.4 Å². The van der Waals surface area contributed by atoms with Crippen LogP contribution in [0, 0.1) is 6.92 Å². The number of fused-ring (bicyclic) bond motifs is 2. The molecule has 682 valence electrons. The highest BCUT2D eigenvalue weighted by atomic mass is 32.2. The average Bonchev–Trinajstić information content (AvgIpc) is 1.66. The van der Waals surface area contributed by atoms with Crippen LogP contribution < -0.4 is 63.4 Å². The third-order valence-electron chi connectivity index (χ3n) is 20.9. The van der Waals surface area contributed by atoms with Crippen molar-refractivity contribution in [3.63, 3.8) is 0 Å². The molecule has 41 heteroatoms. The lowest BCUT2D eigenvalue weighted by molar-refractivity contribution is -0.141. The van der Waals surface area contributed by atoms with Crippen molar-refractivity contribution in [2.75, 3.05) is 89.4 Å². The maximum absolute atomic E-state index is 14.7. The fourth-order valence-electron chi connectivity index (χ4n) is 13.7. The van der Waals surface area contributed by atoms with Gasteiger partial charge in [-0.3, -0.25) is 57.7 Å². The second kappa shape index (κ2) is 47.1. The molecule has 17 N–H and O–H groups in total. The molecular formula is C86H106N14O23S4. The van der Waals surface area contributed by atoms with Crippen LogP contribution in [-0.2, 0) is 96.4 Å². The Balaban J connectivity index is 0.802. The Bertz CT molecular complexity index is 5270. The zero-order valence-corrected chi connectivity index (χ0v) is 74.0. The van der Waals surface area contributed by atoms with Crippen molar-refractivity contribution in [3.8, 4) is 23.0 Å². The number of benzene rings is 5. The summed E-state index contributed by atoms with van der Waals surface area (Å²) in [6.07, 6.45) is -0.0266. The second-order valence-electron chi connectivity index (χ2n) is 30.9. The van der Waals surface area contributed by atoms with Crippen molar-refractivity contribution in [1.29, 1.82) is 0 Å². The largest absolute Gasteiger partial charge is 0.508 e. The summed E-state index contributed by atoms with van der Waals surface area (Å²) in [4.78, 5) is 193. The number of primary amides is 1. The van der Waals surface area contributed by atoms with Crippen molar-refractivity contribution in [2.45, 2.75) is 145 Å². The first-order valence-corrected chi connectivity index (χ1v) is 45.1. The summed E-state index contributed by atoms with van der Waals surface area (Å²) in [5, 5.41) is 84.4. The van der Waals surface area contributed by atoms with Crippen LogP contribution in [0.2, 0.25) is 0 Å². The fourth-order valence-corrected chi connectivity index (χ4v) is 16.7. The van der Waals surface area contributed by atoms with Gasteiger partial charge in [-0.25, -0.2) is 14.6 Å². The van der Waals surface area contributed by atoms with Crippen molar-refractivity contribution in [1.82, 2.24) is 62.3 Å². The van der Waals surface area contributed by atoms with E-state index in [0.717, 1.165) is 0 Å². The average molecular weight is 1830 g/mol. The molecule has 2 aromatic heterocycles. The number of para-hydroxylation sites is 1. The van der Waals surface area contributed by atoms with Gasteiger partial charge in [-0.2, -0.15) is 23.5 Å². The molecule has 0 bridgehead atoms. The number of thiazole rings is 1. The van der Waals surface area contributed by atoms with Gasteiger partial charge in [0, 0.05) is 121 Å². The number of nitrogens with one attached hydrogen (secondary N) is 9. The number of phenols is 3. The Morgan fingerprint density at radius 2 is 1.25 bits per heavy atom. The van der Waals surface area contributed by atoms with Gasteiger partial charge in [0.15, 0.2) is 12.3 Å². The van der Waals surface area contributed by atoms with E-state index in [1.165, 1.54) is 93.8 Å². The summed E-state index contributed by atoms with van der Waals surface area (Å²) in [6, 6.07) is 15.1. The number of carboxylic acid groups (broad SMARTS) is 2. The number of aliphatic imine (C=N–C) groups is 1. The van der Waals surface area contributed by atoms with Gasteiger partial charge in [0.2, 0.25) is 59.1 Å². The van der Waals surface area contributed by atoms with E-state index < -0.39 is 157 Å². The van der Waals surface area contributed by atoms with Crippen LogP contribution in [0.25, 0.3) is 34.3 Å². The summed E-state index contributed by atoms with van der Waals surface area (Å²) < 4.78 is 23.2. The fraction of sp³-hybridized carbons (Fsp3) is 0.430. The number of likely N-dealkylation sites (N-methyl/N-ethyl adjacent to an activating group) is 1. The SMILES string of the molecule is C=c1c(C)c(O)c(=C)c(C(C)(C)CC(=O)N(C)CCN(CCOCCOCCC(=O)NC(CC(=O)O)C(=O)NC(Cc2ccc(O)cc2)C(=O)NC(CCSC)C(=O)NCC(=O)NC(Cc2c[nH]c3ccccc23)C(=O)NC(CCSC)C(=O)NC(CC2OC2O)C(=O)NC(Cc2ccccc2)C(N)=O)C(=O)Oc2ccc3nc(C4=NC(C(=O)O)CS4)sc3c2)c1O. The first kappa shape index (κ1) is 98.9. The van der Waals surface area contributed by atoms with Crippen LogP contribution in [0.4, 0.5) is 4.79 Å². The van der Waals surface area contributed by atoms with Crippen molar-refractivity contribution < 1.29 is 112 Å². The van der Waals surface area contributed by atoms with Crippen molar-refractivity contribution >= 4 is 163 Å². The molecule has 4 heterocycles. The number of nitrogens with two attached hydrogens (primary N) is 1. The van der Waals surface area contributed by atoms with Crippen LogP contribution in [0.5, 0.6) is 23.0 Å². The van der Waals surface area contributed by atoms with Crippen molar-refractivity contribution in [3.05, 3.63) is 147 Å². The minimum Gasteiger partial charge on any atom is -0.508 e. The highest BCUT2D eigenvalue weighted by Crippen LogP contribution is 2.35.